The van der Waals surface area contributed by atoms with Gasteiger partial charge in [-0.25, -0.2) is 0 Å². The molecule has 0 unspecified atom stereocenters. The van der Waals surface area contributed by atoms with Gasteiger partial charge in [0.1, 0.15) is 0 Å². The van der Waals surface area contributed by atoms with E-state index in [1.807, 2.05) is 12.2 Å². The highest BCUT2D eigenvalue weighted by molar-refractivity contribution is 9.09. The van der Waals surface area contributed by atoms with Gasteiger partial charge in [-0.05, 0) is 28.3 Å². The van der Waals surface area contributed by atoms with Crippen LogP contribution in [0.15, 0.2) is 60.7 Å². The summed E-state index contributed by atoms with van der Waals surface area (Å²) in [7, 11) is 0. The highest BCUT2D eigenvalue weighted by Crippen LogP contribution is 2.26. The first-order valence-electron chi connectivity index (χ1n) is 6.49. The molecule has 2 rings (SSSR count). The third kappa shape index (κ3) is 4.09. The third-order valence-corrected chi connectivity index (χ3v) is 3.50. The smallest absolute Gasteiger partial charge is 0.0407 e. The van der Waals surface area contributed by atoms with Crippen LogP contribution in [-0.4, -0.2) is 11.2 Å². The lowest BCUT2D eigenvalue weighted by molar-refractivity contribution is 1.57. The van der Waals surface area contributed by atoms with Crippen LogP contribution in [0.25, 0.3) is 23.3 Å². The lowest BCUT2D eigenvalue weighted by Crippen LogP contribution is -1.84. The Kier molecular flexibility index (Phi) is 6.10. The van der Waals surface area contributed by atoms with E-state index in [4.69, 9.17) is 11.6 Å². The third-order valence-electron chi connectivity index (χ3n) is 2.94. The molecule has 2 aromatic rings. The van der Waals surface area contributed by atoms with Crippen LogP contribution in [0.5, 0.6) is 0 Å². The van der Waals surface area contributed by atoms with Crippen LogP contribution in [0.3, 0.4) is 0 Å². The molecule has 102 valence electrons. The van der Waals surface area contributed by atoms with E-state index in [1.165, 1.54) is 22.3 Å². The Bertz CT molecular complexity index is 614. The van der Waals surface area contributed by atoms with Gasteiger partial charge in [-0.2, -0.15) is 0 Å². The fourth-order valence-corrected chi connectivity index (χ4v) is 2.34. The van der Waals surface area contributed by atoms with E-state index in [0.717, 1.165) is 5.33 Å². The molecule has 0 nitrogen and oxygen atoms in total. The molecule has 0 aliphatic carbocycles. The predicted molar refractivity (Wildman–Crippen MR) is 94.5 cm³/mol. The van der Waals surface area contributed by atoms with Crippen LogP contribution >= 0.6 is 27.5 Å². The molecule has 0 amide bonds. The van der Waals surface area contributed by atoms with E-state index in [0.29, 0.717) is 5.88 Å². The van der Waals surface area contributed by atoms with E-state index in [-0.39, 0.29) is 0 Å². The van der Waals surface area contributed by atoms with Crippen molar-refractivity contribution in [2.75, 3.05) is 11.2 Å². The first-order chi connectivity index (χ1) is 9.85. The van der Waals surface area contributed by atoms with Gasteiger partial charge in [0.05, 0.1) is 0 Å². The molecule has 0 spiro atoms. The number of hydrogen-bond acceptors (Lipinski definition) is 0. The normalized spacial score (nSPS) is 11.5. The maximum Gasteiger partial charge on any atom is 0.0407 e. The number of alkyl halides is 2. The van der Waals surface area contributed by atoms with Crippen LogP contribution in [0, 0.1) is 0 Å². The second kappa shape index (κ2) is 8.08. The van der Waals surface area contributed by atoms with Crippen molar-refractivity contribution in [1.82, 2.24) is 0 Å². The maximum absolute atomic E-state index is 5.69. The Labute approximate surface area is 133 Å². The van der Waals surface area contributed by atoms with E-state index < -0.39 is 0 Å². The zero-order chi connectivity index (χ0) is 14.2. The molecule has 20 heavy (non-hydrogen) atoms. The fourth-order valence-electron chi connectivity index (χ4n) is 2.07. The van der Waals surface area contributed by atoms with Crippen molar-refractivity contribution in [2.45, 2.75) is 0 Å². The van der Waals surface area contributed by atoms with Crippen molar-refractivity contribution in [3.8, 4) is 11.1 Å². The van der Waals surface area contributed by atoms with Gasteiger partial charge in [0.2, 0.25) is 0 Å². The number of allylic oxidation sites excluding steroid dienone is 2. The number of benzene rings is 2. The van der Waals surface area contributed by atoms with E-state index in [2.05, 4.69) is 76.6 Å². The summed E-state index contributed by atoms with van der Waals surface area (Å²) in [5.74, 6) is 0.537. The molecule has 0 radical (unpaired) electrons. The Morgan fingerprint density at radius 2 is 1.80 bits per heavy atom. The molecule has 0 saturated heterocycles. The van der Waals surface area contributed by atoms with Gasteiger partial charge >= 0.3 is 0 Å². The van der Waals surface area contributed by atoms with Crippen LogP contribution < -0.4 is 0 Å². The van der Waals surface area contributed by atoms with Crippen LogP contribution in [0.2, 0.25) is 0 Å². The summed E-state index contributed by atoms with van der Waals surface area (Å²) in [6.45, 7) is 0. The summed E-state index contributed by atoms with van der Waals surface area (Å²) in [5, 5.41) is 0.861. The standard InChI is InChI=1S/C18H16BrCl/c19-12-4-10-16-8-1-2-11-18(16)17-9-3-6-15(14-17)7-5-13-20/h1-11,14H,12-13H2/b7-5+,10-4+. The predicted octanol–water partition coefficient (Wildman–Crippen LogP) is 6.01. The van der Waals surface area contributed by atoms with Crippen molar-refractivity contribution in [2.24, 2.45) is 0 Å². The number of rotatable bonds is 5. The average Bonchev–Trinajstić information content (AvgIpc) is 2.51. The second-order valence-electron chi connectivity index (χ2n) is 4.33. The first-order valence-corrected chi connectivity index (χ1v) is 8.15. The van der Waals surface area contributed by atoms with Crippen LogP contribution in [0.4, 0.5) is 0 Å². The van der Waals surface area contributed by atoms with Crippen LogP contribution in [0.1, 0.15) is 11.1 Å². The lowest BCUT2D eigenvalue weighted by atomic mass is 9.98. The molecular weight excluding hydrogens is 332 g/mol. The van der Waals surface area contributed by atoms with Gasteiger partial charge in [-0.1, -0.05) is 82.7 Å². The molecule has 0 atom stereocenters. The second-order valence-corrected chi connectivity index (χ2v) is 5.28. The SMILES string of the molecule is ClC/C=C/c1cccc(-c2ccccc2/C=C/CBr)c1. The highest BCUT2D eigenvalue weighted by Gasteiger charge is 2.02. The topological polar surface area (TPSA) is 0 Å². The Balaban J connectivity index is 2.41. The molecule has 2 aromatic carbocycles. The molecule has 0 N–H and O–H groups in total. The Hall–Kier alpha value is -1.31. The summed E-state index contributed by atoms with van der Waals surface area (Å²) >= 11 is 9.11. The molecular formula is C18H16BrCl. The number of halogens is 2. The van der Waals surface area contributed by atoms with Crippen molar-refractivity contribution >= 4 is 39.7 Å². The fraction of sp³-hybridized carbons (Fsp3) is 0.111. The first kappa shape index (κ1) is 15.1. The van der Waals surface area contributed by atoms with Crippen molar-refractivity contribution in [3.05, 3.63) is 71.8 Å². The quantitative estimate of drug-likeness (QED) is 0.581. The number of hydrogen-bond donors (Lipinski definition) is 0. The van der Waals surface area contributed by atoms with E-state index in [1.54, 1.807) is 0 Å². The van der Waals surface area contributed by atoms with Crippen molar-refractivity contribution in [1.29, 1.82) is 0 Å². The largest absolute Gasteiger partial charge is 0.122 e. The van der Waals surface area contributed by atoms with Gasteiger partial charge in [-0.3, -0.25) is 0 Å². The van der Waals surface area contributed by atoms with Crippen LogP contribution in [-0.2, 0) is 0 Å². The average molecular weight is 348 g/mol. The Morgan fingerprint density at radius 3 is 2.60 bits per heavy atom. The minimum absolute atomic E-state index is 0.537. The molecule has 0 bridgehead atoms. The molecule has 0 aromatic heterocycles. The van der Waals surface area contributed by atoms with Gasteiger partial charge in [0.25, 0.3) is 0 Å². The van der Waals surface area contributed by atoms with Crippen molar-refractivity contribution in [3.63, 3.8) is 0 Å². The summed E-state index contributed by atoms with van der Waals surface area (Å²) in [6.07, 6.45) is 8.26. The van der Waals surface area contributed by atoms with Crippen molar-refractivity contribution < 1.29 is 0 Å². The summed E-state index contributed by atoms with van der Waals surface area (Å²) in [6, 6.07) is 16.9. The zero-order valence-electron chi connectivity index (χ0n) is 11.1. The monoisotopic (exact) mass is 346 g/mol. The summed E-state index contributed by atoms with van der Waals surface area (Å²) in [5.41, 5.74) is 4.86. The molecule has 0 fully saturated rings. The van der Waals surface area contributed by atoms with Gasteiger partial charge in [-0.15, -0.1) is 11.6 Å². The zero-order valence-corrected chi connectivity index (χ0v) is 13.4. The van der Waals surface area contributed by atoms with Gasteiger partial charge in [0, 0.05) is 11.2 Å². The molecule has 0 aliphatic rings. The van der Waals surface area contributed by atoms with Gasteiger partial charge < -0.3 is 0 Å². The molecule has 0 heterocycles. The van der Waals surface area contributed by atoms with E-state index >= 15 is 0 Å². The lowest BCUT2D eigenvalue weighted by Gasteiger charge is -2.07. The molecule has 2 heteroatoms. The summed E-state index contributed by atoms with van der Waals surface area (Å²) < 4.78 is 0. The minimum atomic E-state index is 0.537. The van der Waals surface area contributed by atoms with Gasteiger partial charge in [0.15, 0.2) is 0 Å². The van der Waals surface area contributed by atoms with E-state index in [9.17, 15) is 0 Å². The highest BCUT2D eigenvalue weighted by atomic mass is 79.9. The molecule has 0 aliphatic heterocycles. The summed E-state index contributed by atoms with van der Waals surface area (Å²) in [4.78, 5) is 0. The Morgan fingerprint density at radius 1 is 0.950 bits per heavy atom. The maximum atomic E-state index is 5.69. The minimum Gasteiger partial charge on any atom is -0.122 e. The molecule has 0 saturated carbocycles.